The standard InChI is InChI=1S/C10H13N3O2S/c1-2-5-13-16(14,15)10-6-8(7-11)3-4-9(10)12/h3-4,6,13H,2,5,12H2,1H3. The highest BCUT2D eigenvalue weighted by atomic mass is 32.2. The smallest absolute Gasteiger partial charge is 0.242 e. The molecule has 0 bridgehead atoms. The molecular weight excluding hydrogens is 226 g/mol. The third kappa shape index (κ3) is 2.72. The number of rotatable bonds is 4. The molecule has 0 saturated heterocycles. The lowest BCUT2D eigenvalue weighted by molar-refractivity contribution is 0.581. The Morgan fingerprint density at radius 2 is 2.19 bits per heavy atom. The normalized spacial score (nSPS) is 11.0. The molecule has 0 unspecified atom stereocenters. The number of sulfonamides is 1. The molecule has 0 amide bonds. The van der Waals surface area contributed by atoms with Gasteiger partial charge in [-0.25, -0.2) is 13.1 Å². The number of benzene rings is 1. The van der Waals surface area contributed by atoms with E-state index in [1.807, 2.05) is 13.0 Å². The zero-order valence-electron chi connectivity index (χ0n) is 8.90. The Balaban J connectivity index is 3.17. The number of hydrogen-bond donors (Lipinski definition) is 2. The number of anilines is 1. The van der Waals surface area contributed by atoms with Crippen LogP contribution in [-0.4, -0.2) is 15.0 Å². The fraction of sp³-hybridized carbons (Fsp3) is 0.300. The highest BCUT2D eigenvalue weighted by Crippen LogP contribution is 2.19. The van der Waals surface area contributed by atoms with Crippen molar-refractivity contribution in [3.05, 3.63) is 23.8 Å². The van der Waals surface area contributed by atoms with Crippen molar-refractivity contribution >= 4 is 15.7 Å². The predicted octanol–water partition coefficient (Wildman–Crippen LogP) is 0.829. The average Bonchev–Trinajstić information content (AvgIpc) is 2.27. The molecule has 16 heavy (non-hydrogen) atoms. The Labute approximate surface area is 94.9 Å². The summed E-state index contributed by atoms with van der Waals surface area (Å²) in [7, 11) is -3.61. The molecule has 0 aliphatic carbocycles. The molecule has 6 heteroatoms. The van der Waals surface area contributed by atoms with Crippen molar-refractivity contribution in [2.75, 3.05) is 12.3 Å². The van der Waals surface area contributed by atoms with Crippen molar-refractivity contribution in [1.29, 1.82) is 5.26 Å². The van der Waals surface area contributed by atoms with E-state index in [0.29, 0.717) is 13.0 Å². The van der Waals surface area contributed by atoms with Gasteiger partial charge < -0.3 is 5.73 Å². The van der Waals surface area contributed by atoms with Gasteiger partial charge in [-0.1, -0.05) is 6.92 Å². The Kier molecular flexibility index (Phi) is 3.88. The maximum Gasteiger partial charge on any atom is 0.242 e. The van der Waals surface area contributed by atoms with E-state index in [1.165, 1.54) is 18.2 Å². The second-order valence-corrected chi connectivity index (χ2v) is 5.00. The molecule has 0 radical (unpaired) electrons. The molecule has 5 nitrogen and oxygen atoms in total. The highest BCUT2D eigenvalue weighted by molar-refractivity contribution is 7.89. The molecular formula is C10H13N3O2S. The van der Waals surface area contributed by atoms with Crippen LogP contribution in [0.15, 0.2) is 23.1 Å². The molecule has 3 N–H and O–H groups in total. The zero-order chi connectivity index (χ0) is 12.2. The summed E-state index contributed by atoms with van der Waals surface area (Å²) in [6.07, 6.45) is 0.692. The molecule has 0 atom stereocenters. The second-order valence-electron chi connectivity index (χ2n) is 3.26. The van der Waals surface area contributed by atoms with Gasteiger partial charge in [0.1, 0.15) is 4.90 Å². The molecule has 0 saturated carbocycles. The van der Waals surface area contributed by atoms with Gasteiger partial charge in [0.25, 0.3) is 0 Å². The van der Waals surface area contributed by atoms with E-state index in [0.717, 1.165) is 0 Å². The summed E-state index contributed by atoms with van der Waals surface area (Å²) in [5.74, 6) is 0. The molecule has 1 aromatic carbocycles. The SMILES string of the molecule is CCCNS(=O)(=O)c1cc(C#N)ccc1N. The summed E-state index contributed by atoms with van der Waals surface area (Å²) in [5, 5.41) is 8.69. The predicted molar refractivity (Wildman–Crippen MR) is 61.0 cm³/mol. The third-order valence-corrected chi connectivity index (χ3v) is 3.49. The van der Waals surface area contributed by atoms with E-state index < -0.39 is 10.0 Å². The van der Waals surface area contributed by atoms with Gasteiger partial charge in [-0.3, -0.25) is 0 Å². The summed E-state index contributed by atoms with van der Waals surface area (Å²) in [6, 6.07) is 6.04. The summed E-state index contributed by atoms with van der Waals surface area (Å²) in [4.78, 5) is -0.0417. The topological polar surface area (TPSA) is 96.0 Å². The first-order valence-corrected chi connectivity index (χ1v) is 6.29. The summed E-state index contributed by atoms with van der Waals surface area (Å²) < 4.78 is 26.0. The van der Waals surface area contributed by atoms with Crippen LogP contribution >= 0.6 is 0 Å². The number of nitrogens with zero attached hydrogens (tertiary/aromatic N) is 1. The van der Waals surface area contributed by atoms with Gasteiger partial charge in [-0.2, -0.15) is 5.26 Å². The van der Waals surface area contributed by atoms with Crippen LogP contribution in [0.2, 0.25) is 0 Å². The van der Waals surface area contributed by atoms with Crippen molar-refractivity contribution in [2.45, 2.75) is 18.2 Å². The molecule has 1 aromatic rings. The van der Waals surface area contributed by atoms with E-state index in [-0.39, 0.29) is 16.1 Å². The molecule has 0 heterocycles. The summed E-state index contributed by atoms with van der Waals surface area (Å²) in [5.41, 5.74) is 5.98. The van der Waals surface area contributed by atoms with Crippen LogP contribution in [0.25, 0.3) is 0 Å². The molecule has 1 rings (SSSR count). The maximum absolute atomic E-state index is 11.8. The van der Waals surface area contributed by atoms with Crippen LogP contribution < -0.4 is 10.5 Å². The first-order valence-electron chi connectivity index (χ1n) is 4.80. The highest BCUT2D eigenvalue weighted by Gasteiger charge is 2.16. The number of hydrogen-bond acceptors (Lipinski definition) is 4. The lowest BCUT2D eigenvalue weighted by Crippen LogP contribution is -2.25. The van der Waals surface area contributed by atoms with Crippen LogP contribution in [0.4, 0.5) is 5.69 Å². The molecule has 0 aromatic heterocycles. The molecule has 0 aliphatic heterocycles. The van der Waals surface area contributed by atoms with E-state index in [4.69, 9.17) is 11.0 Å². The van der Waals surface area contributed by atoms with Crippen LogP contribution in [0.5, 0.6) is 0 Å². The van der Waals surface area contributed by atoms with E-state index in [9.17, 15) is 8.42 Å². The van der Waals surface area contributed by atoms with Gasteiger partial charge in [0.2, 0.25) is 10.0 Å². The largest absolute Gasteiger partial charge is 0.398 e. The third-order valence-electron chi connectivity index (χ3n) is 1.97. The van der Waals surface area contributed by atoms with Crippen molar-refractivity contribution in [3.8, 4) is 6.07 Å². The van der Waals surface area contributed by atoms with Crippen molar-refractivity contribution in [1.82, 2.24) is 4.72 Å². The van der Waals surface area contributed by atoms with Crippen LogP contribution in [0.3, 0.4) is 0 Å². The molecule has 0 aliphatic rings. The Morgan fingerprint density at radius 1 is 1.50 bits per heavy atom. The van der Waals surface area contributed by atoms with Crippen LogP contribution in [-0.2, 0) is 10.0 Å². The maximum atomic E-state index is 11.8. The van der Waals surface area contributed by atoms with Gasteiger partial charge in [-0.15, -0.1) is 0 Å². The lowest BCUT2D eigenvalue weighted by atomic mass is 10.2. The first kappa shape index (κ1) is 12.5. The van der Waals surface area contributed by atoms with Crippen LogP contribution in [0.1, 0.15) is 18.9 Å². The Morgan fingerprint density at radius 3 is 2.75 bits per heavy atom. The number of nitrogen functional groups attached to an aromatic ring is 1. The van der Waals surface area contributed by atoms with Gasteiger partial charge in [0.05, 0.1) is 17.3 Å². The fourth-order valence-corrected chi connectivity index (χ4v) is 2.44. The average molecular weight is 239 g/mol. The van der Waals surface area contributed by atoms with Gasteiger partial charge in [0, 0.05) is 6.54 Å². The monoisotopic (exact) mass is 239 g/mol. The second kappa shape index (κ2) is 4.96. The van der Waals surface area contributed by atoms with Crippen molar-refractivity contribution in [2.24, 2.45) is 0 Å². The van der Waals surface area contributed by atoms with Gasteiger partial charge >= 0.3 is 0 Å². The van der Waals surface area contributed by atoms with Gasteiger partial charge in [-0.05, 0) is 24.6 Å². The van der Waals surface area contributed by atoms with E-state index >= 15 is 0 Å². The number of nitrogens with two attached hydrogens (primary N) is 1. The minimum Gasteiger partial charge on any atom is -0.398 e. The number of nitrogens with one attached hydrogen (secondary N) is 1. The quantitative estimate of drug-likeness (QED) is 0.760. The Hall–Kier alpha value is -1.58. The first-order chi connectivity index (χ1) is 7.51. The Bertz CT molecular complexity index is 517. The van der Waals surface area contributed by atoms with Crippen molar-refractivity contribution < 1.29 is 8.42 Å². The lowest BCUT2D eigenvalue weighted by Gasteiger charge is -2.08. The summed E-state index contributed by atoms with van der Waals surface area (Å²) >= 11 is 0. The molecule has 0 spiro atoms. The fourth-order valence-electron chi connectivity index (χ4n) is 1.15. The summed E-state index contributed by atoms with van der Waals surface area (Å²) in [6.45, 7) is 2.20. The van der Waals surface area contributed by atoms with Crippen LogP contribution in [0, 0.1) is 11.3 Å². The molecule has 0 fully saturated rings. The minimum atomic E-state index is -3.61. The van der Waals surface area contributed by atoms with E-state index in [2.05, 4.69) is 4.72 Å². The van der Waals surface area contributed by atoms with Gasteiger partial charge in [0.15, 0.2) is 0 Å². The number of nitriles is 1. The van der Waals surface area contributed by atoms with Crippen molar-refractivity contribution in [3.63, 3.8) is 0 Å². The van der Waals surface area contributed by atoms with E-state index in [1.54, 1.807) is 0 Å². The molecule has 86 valence electrons. The minimum absolute atomic E-state index is 0.0417. The zero-order valence-corrected chi connectivity index (χ0v) is 9.71.